The number of hydrazine groups is 1. The maximum Gasteiger partial charge on any atom is 0.286 e. The summed E-state index contributed by atoms with van der Waals surface area (Å²) in [5.74, 6) is 6.05. The smallest absolute Gasteiger partial charge is 0.283 e. The molecule has 240 valence electrons. The molecule has 6 rings (SSSR count). The van der Waals surface area contributed by atoms with Crippen molar-refractivity contribution in [2.45, 2.75) is 63.7 Å². The molecule has 1 saturated carbocycles. The molecule has 0 radical (unpaired) electrons. The number of carbonyl (C=O) groups is 1. The van der Waals surface area contributed by atoms with Crippen LogP contribution < -0.4 is 10.1 Å². The number of aryl methyl sites for hydroxylation is 1. The van der Waals surface area contributed by atoms with Gasteiger partial charge in [0, 0.05) is 35.8 Å². The van der Waals surface area contributed by atoms with Crippen LogP contribution in [-0.2, 0) is 16.6 Å². The van der Waals surface area contributed by atoms with Gasteiger partial charge in [-0.15, -0.1) is 11.3 Å². The number of hydrogen-bond donors (Lipinski definition) is 2. The third kappa shape index (κ3) is 7.52. The van der Waals surface area contributed by atoms with Crippen LogP contribution in [0.25, 0.3) is 16.3 Å². The van der Waals surface area contributed by atoms with E-state index in [9.17, 15) is 13.2 Å². The number of hydrogen-bond acceptors (Lipinski definition) is 6. The Labute approximate surface area is 284 Å². The van der Waals surface area contributed by atoms with Gasteiger partial charge in [0.2, 0.25) is 10.0 Å². The normalized spacial score (nSPS) is 15.9. The first-order valence-electron chi connectivity index (χ1n) is 15.5. The second-order valence-electron chi connectivity index (χ2n) is 11.7. The summed E-state index contributed by atoms with van der Waals surface area (Å²) < 4.78 is 31.2. The molecule has 1 aliphatic heterocycles. The largest absolute Gasteiger partial charge is 0.286 e. The number of amides is 1. The molecule has 0 spiro atoms. The number of sulfonamides is 1. The van der Waals surface area contributed by atoms with Crippen LogP contribution in [0.4, 0.5) is 0 Å². The molecule has 3 heterocycles. The van der Waals surface area contributed by atoms with Crippen LogP contribution >= 0.6 is 34.5 Å². The van der Waals surface area contributed by atoms with E-state index in [1.165, 1.54) is 11.3 Å². The van der Waals surface area contributed by atoms with Crippen molar-refractivity contribution in [2.75, 3.05) is 13.1 Å². The molecule has 8 nitrogen and oxygen atoms in total. The Bertz CT molecular complexity index is 1900. The first kappa shape index (κ1) is 32.8. The van der Waals surface area contributed by atoms with Crippen molar-refractivity contribution in [3.05, 3.63) is 91.9 Å². The van der Waals surface area contributed by atoms with Gasteiger partial charge in [0.05, 0.1) is 31.4 Å². The van der Waals surface area contributed by atoms with Crippen LogP contribution in [0.5, 0.6) is 0 Å². The number of thiophene rings is 1. The second kappa shape index (κ2) is 14.3. The fourth-order valence-corrected chi connectivity index (χ4v) is 8.82. The van der Waals surface area contributed by atoms with E-state index < -0.39 is 21.2 Å². The summed E-state index contributed by atoms with van der Waals surface area (Å²) in [6.45, 7) is 3.40. The number of carbonyl (C=O) groups excluding carboxylic acids is 1. The van der Waals surface area contributed by atoms with Crippen molar-refractivity contribution >= 4 is 50.5 Å². The van der Waals surface area contributed by atoms with E-state index in [0.29, 0.717) is 39.8 Å². The second-order valence-corrected chi connectivity index (χ2v) is 15.7. The lowest BCUT2D eigenvalue weighted by molar-refractivity contribution is 0.0743. The molecule has 12 heteroatoms. The maximum atomic E-state index is 13.9. The summed E-state index contributed by atoms with van der Waals surface area (Å²) in [5, 5.41) is 7.06. The molecule has 0 unspecified atom stereocenters. The zero-order valence-electron chi connectivity index (χ0n) is 25.5. The number of rotatable bonds is 8. The molecule has 1 aliphatic carbocycles. The standard InChI is InChI=1S/C34H35Cl2N5O3S2/c1-23-9-11-24(12-10-23)13-15-26-16-18-31(45-26)33-28(22-37-46(43,44)27-7-3-4-8-27)32(34(42)39-40-19-5-2-6-20-40)38-41(33)30-17-14-25(35)21-29(30)36/h9-12,14,16-18,21,27,37H,2-8,19-20,22H2,1H3,(H,39,42). The van der Waals surface area contributed by atoms with E-state index in [1.54, 1.807) is 22.9 Å². The predicted molar refractivity (Wildman–Crippen MR) is 185 cm³/mol. The molecule has 2 N–H and O–H groups in total. The summed E-state index contributed by atoms with van der Waals surface area (Å²) in [4.78, 5) is 15.5. The average Bonchev–Trinajstić information content (AvgIpc) is 3.81. The van der Waals surface area contributed by atoms with Gasteiger partial charge in [-0.05, 0) is 75.1 Å². The number of benzene rings is 2. The average molecular weight is 697 g/mol. The first-order valence-corrected chi connectivity index (χ1v) is 18.6. The number of nitrogens with one attached hydrogen (secondary N) is 2. The van der Waals surface area contributed by atoms with E-state index in [2.05, 4.69) is 22.0 Å². The van der Waals surface area contributed by atoms with Crippen LogP contribution in [0.2, 0.25) is 10.0 Å². The predicted octanol–water partition coefficient (Wildman–Crippen LogP) is 7.11. The lowest BCUT2D eigenvalue weighted by Crippen LogP contribution is -2.45. The minimum absolute atomic E-state index is 0.107. The van der Waals surface area contributed by atoms with E-state index in [0.717, 1.165) is 66.1 Å². The topological polar surface area (TPSA) is 96.3 Å². The third-order valence-electron chi connectivity index (χ3n) is 8.36. The van der Waals surface area contributed by atoms with E-state index in [-0.39, 0.29) is 12.2 Å². The van der Waals surface area contributed by atoms with Crippen molar-refractivity contribution in [1.82, 2.24) is 24.9 Å². The SMILES string of the molecule is Cc1ccc(C#Cc2ccc(-c3c(CNS(=O)(=O)C4CCCC4)c(C(=O)NN4CCCCC4)nn3-c3ccc(Cl)cc3Cl)s2)cc1. The fraction of sp³-hybridized carbons (Fsp3) is 0.353. The minimum Gasteiger partial charge on any atom is -0.283 e. The Morgan fingerprint density at radius 1 is 0.978 bits per heavy atom. The van der Waals surface area contributed by atoms with Crippen molar-refractivity contribution in [3.63, 3.8) is 0 Å². The van der Waals surface area contributed by atoms with Gasteiger partial charge in [0.25, 0.3) is 5.91 Å². The highest BCUT2D eigenvalue weighted by Gasteiger charge is 2.32. The Morgan fingerprint density at radius 2 is 1.72 bits per heavy atom. The summed E-state index contributed by atoms with van der Waals surface area (Å²) in [5.41, 5.74) is 6.74. The Hall–Kier alpha value is -3.17. The van der Waals surface area contributed by atoms with Crippen molar-refractivity contribution < 1.29 is 13.2 Å². The van der Waals surface area contributed by atoms with Crippen molar-refractivity contribution in [1.29, 1.82) is 0 Å². The lowest BCUT2D eigenvalue weighted by Gasteiger charge is -2.26. The monoisotopic (exact) mass is 695 g/mol. The van der Waals surface area contributed by atoms with Crippen LogP contribution in [-0.4, -0.2) is 47.5 Å². The Balaban J connectivity index is 1.45. The third-order valence-corrected chi connectivity index (χ3v) is 11.8. The minimum atomic E-state index is -3.62. The van der Waals surface area contributed by atoms with Gasteiger partial charge >= 0.3 is 0 Å². The molecule has 2 aromatic carbocycles. The molecule has 0 bridgehead atoms. The van der Waals surface area contributed by atoms with Crippen LogP contribution in [0.15, 0.2) is 54.6 Å². The quantitative estimate of drug-likeness (QED) is 0.192. The van der Waals surface area contributed by atoms with Crippen molar-refractivity contribution in [3.8, 4) is 28.1 Å². The highest BCUT2D eigenvalue weighted by molar-refractivity contribution is 7.90. The zero-order chi connectivity index (χ0) is 32.3. The highest BCUT2D eigenvalue weighted by atomic mass is 35.5. The maximum absolute atomic E-state index is 13.9. The highest BCUT2D eigenvalue weighted by Crippen LogP contribution is 2.37. The van der Waals surface area contributed by atoms with Gasteiger partial charge in [-0.3, -0.25) is 10.2 Å². The summed E-state index contributed by atoms with van der Waals surface area (Å²) in [6, 6.07) is 16.9. The first-order chi connectivity index (χ1) is 22.2. The van der Waals surface area contributed by atoms with E-state index in [1.807, 2.05) is 48.3 Å². The molecule has 1 saturated heterocycles. The van der Waals surface area contributed by atoms with Gasteiger partial charge in [-0.1, -0.05) is 72.0 Å². The molecule has 0 atom stereocenters. The number of nitrogens with zero attached hydrogens (tertiary/aromatic N) is 3. The van der Waals surface area contributed by atoms with Gasteiger partial charge in [0.1, 0.15) is 0 Å². The van der Waals surface area contributed by atoms with E-state index in [4.69, 9.17) is 28.3 Å². The molecule has 2 aliphatic rings. The number of aromatic nitrogens is 2. The number of halogens is 2. The van der Waals surface area contributed by atoms with Crippen LogP contribution in [0.1, 0.15) is 77.0 Å². The zero-order valence-corrected chi connectivity index (χ0v) is 28.6. The molecule has 2 fully saturated rings. The van der Waals surface area contributed by atoms with Crippen molar-refractivity contribution in [2.24, 2.45) is 0 Å². The Kier molecular flexibility index (Phi) is 10.2. The van der Waals surface area contributed by atoms with Gasteiger partial charge < -0.3 is 0 Å². The molecule has 4 aromatic rings. The molecule has 46 heavy (non-hydrogen) atoms. The molecular formula is C34H35Cl2N5O3S2. The summed E-state index contributed by atoms with van der Waals surface area (Å²) >= 11 is 14.4. The number of piperidine rings is 1. The van der Waals surface area contributed by atoms with Gasteiger partial charge in [-0.25, -0.2) is 22.8 Å². The summed E-state index contributed by atoms with van der Waals surface area (Å²) in [6.07, 6.45) is 6.09. The van der Waals surface area contributed by atoms with Gasteiger partial charge in [-0.2, -0.15) is 5.10 Å². The molecule has 1 amide bonds. The lowest BCUT2D eigenvalue weighted by atomic mass is 10.1. The molecular weight excluding hydrogens is 661 g/mol. The van der Waals surface area contributed by atoms with Gasteiger partial charge in [0.15, 0.2) is 5.69 Å². The van der Waals surface area contributed by atoms with E-state index >= 15 is 0 Å². The molecule has 2 aromatic heterocycles. The van der Waals surface area contributed by atoms with Crippen LogP contribution in [0.3, 0.4) is 0 Å². The van der Waals surface area contributed by atoms with Crippen LogP contribution in [0, 0.1) is 18.8 Å². The summed E-state index contributed by atoms with van der Waals surface area (Å²) in [7, 11) is -3.62. The Morgan fingerprint density at radius 3 is 2.43 bits per heavy atom. The fourth-order valence-electron chi connectivity index (χ4n) is 5.88.